The topological polar surface area (TPSA) is 117 Å². The normalized spacial score (nSPS) is 23.1. The molecular weight excluding hydrogens is 238 g/mol. The Kier molecular flexibility index (Phi) is 3.15. The molecule has 1 aromatic rings. The Morgan fingerprint density at radius 3 is 2.72 bits per heavy atom. The summed E-state index contributed by atoms with van der Waals surface area (Å²) in [6.45, 7) is 0.00184. The van der Waals surface area contributed by atoms with E-state index in [0.717, 1.165) is 4.90 Å². The number of amides is 1. The van der Waals surface area contributed by atoms with Crippen LogP contribution in [-0.4, -0.2) is 50.7 Å². The van der Waals surface area contributed by atoms with Gasteiger partial charge in [0.05, 0.1) is 18.0 Å². The minimum atomic E-state index is -1.13. The first kappa shape index (κ1) is 12.3. The molecule has 96 valence electrons. The third-order valence-corrected chi connectivity index (χ3v) is 2.83. The zero-order chi connectivity index (χ0) is 13.3. The van der Waals surface area contributed by atoms with Gasteiger partial charge in [-0.15, -0.1) is 0 Å². The Balaban J connectivity index is 2.22. The third kappa shape index (κ3) is 2.25. The number of nitrogens with zero attached hydrogens (tertiary/aromatic N) is 2. The van der Waals surface area contributed by atoms with Crippen LogP contribution >= 0.6 is 0 Å². The van der Waals surface area contributed by atoms with E-state index < -0.39 is 24.0 Å². The third-order valence-electron chi connectivity index (χ3n) is 2.83. The molecule has 2 atom stereocenters. The lowest BCUT2D eigenvalue weighted by atomic mass is 10.2. The van der Waals surface area contributed by atoms with Crippen LogP contribution in [0, 0.1) is 0 Å². The first-order valence-corrected chi connectivity index (χ1v) is 5.42. The molecule has 7 nitrogen and oxygen atoms in total. The number of rotatable bonds is 2. The van der Waals surface area contributed by atoms with Crippen molar-refractivity contribution >= 4 is 17.6 Å². The van der Waals surface area contributed by atoms with Gasteiger partial charge in [-0.25, -0.2) is 9.78 Å². The fraction of sp³-hybridized carbons (Fsp3) is 0.364. The van der Waals surface area contributed by atoms with Gasteiger partial charge in [0, 0.05) is 13.0 Å². The number of hydrogen-bond donors (Lipinski definition) is 3. The summed E-state index contributed by atoms with van der Waals surface area (Å²) in [6, 6.07) is 1.94. The van der Waals surface area contributed by atoms with E-state index in [9.17, 15) is 14.7 Å². The number of pyridine rings is 1. The summed E-state index contributed by atoms with van der Waals surface area (Å²) in [4.78, 5) is 28.0. The molecule has 1 aliphatic rings. The molecule has 18 heavy (non-hydrogen) atoms. The Labute approximate surface area is 103 Å². The summed E-state index contributed by atoms with van der Waals surface area (Å²) < 4.78 is 0. The van der Waals surface area contributed by atoms with Crippen LogP contribution < -0.4 is 5.73 Å². The number of carbonyl (C=O) groups excluding carboxylic acids is 1. The van der Waals surface area contributed by atoms with Crippen molar-refractivity contribution < 1.29 is 19.8 Å². The molecule has 2 rings (SSSR count). The Hall–Kier alpha value is -2.15. The molecule has 0 radical (unpaired) electrons. The lowest BCUT2D eigenvalue weighted by molar-refractivity contribution is -0.141. The van der Waals surface area contributed by atoms with Crippen LogP contribution in [-0.2, 0) is 4.79 Å². The summed E-state index contributed by atoms with van der Waals surface area (Å²) in [6.07, 6.45) is 0.551. The van der Waals surface area contributed by atoms with Crippen LogP contribution in [0.5, 0.6) is 0 Å². The molecule has 0 bridgehead atoms. The first-order valence-electron chi connectivity index (χ1n) is 5.42. The van der Waals surface area contributed by atoms with Crippen LogP contribution in [0.1, 0.15) is 16.9 Å². The van der Waals surface area contributed by atoms with Gasteiger partial charge in [0.25, 0.3) is 5.91 Å². The summed E-state index contributed by atoms with van der Waals surface area (Å²) >= 11 is 0. The molecule has 4 N–H and O–H groups in total. The number of hydrogen-bond acceptors (Lipinski definition) is 5. The van der Waals surface area contributed by atoms with Crippen LogP contribution in [0.3, 0.4) is 0 Å². The Morgan fingerprint density at radius 2 is 2.17 bits per heavy atom. The number of carboxylic acid groups (broad SMARTS) is 1. The highest BCUT2D eigenvalue weighted by molar-refractivity contribution is 5.95. The van der Waals surface area contributed by atoms with Gasteiger partial charge in [-0.2, -0.15) is 0 Å². The van der Waals surface area contributed by atoms with E-state index in [-0.39, 0.29) is 18.7 Å². The number of aliphatic hydroxyl groups excluding tert-OH is 1. The van der Waals surface area contributed by atoms with E-state index in [1.54, 1.807) is 0 Å². The zero-order valence-electron chi connectivity index (χ0n) is 9.48. The minimum absolute atomic E-state index is 0.00184. The fourth-order valence-corrected chi connectivity index (χ4v) is 1.95. The summed E-state index contributed by atoms with van der Waals surface area (Å²) in [5, 5.41) is 18.5. The van der Waals surface area contributed by atoms with Crippen LogP contribution in [0.15, 0.2) is 18.3 Å². The average Bonchev–Trinajstić information content (AvgIpc) is 2.71. The number of carbonyl (C=O) groups is 2. The number of aromatic nitrogens is 1. The standard InChI is InChI=1S/C11H13N3O4/c12-6-1-2-8(13-4-6)10(16)14-5-7(15)3-9(14)11(17)18/h1-2,4,7,9,15H,3,5,12H2,(H,17,18)/t7-,9-/m1/s1. The number of aliphatic hydroxyl groups is 1. The van der Waals surface area contributed by atoms with Gasteiger partial charge in [-0.05, 0) is 12.1 Å². The second kappa shape index (κ2) is 4.61. The van der Waals surface area contributed by atoms with Crippen LogP contribution in [0.25, 0.3) is 0 Å². The summed E-state index contributed by atoms with van der Waals surface area (Å²) in [7, 11) is 0. The molecule has 7 heteroatoms. The fourth-order valence-electron chi connectivity index (χ4n) is 1.95. The molecule has 1 fully saturated rings. The smallest absolute Gasteiger partial charge is 0.326 e. The predicted octanol–water partition coefficient (Wildman–Crippen LogP) is -0.676. The second-order valence-corrected chi connectivity index (χ2v) is 4.18. The SMILES string of the molecule is Nc1ccc(C(=O)N2C[C@H](O)C[C@@H]2C(=O)O)nc1. The lowest BCUT2D eigenvalue weighted by Gasteiger charge is -2.20. The van der Waals surface area contributed by atoms with Crippen molar-refractivity contribution in [3.63, 3.8) is 0 Å². The van der Waals surface area contributed by atoms with Crippen LogP contribution in [0.2, 0.25) is 0 Å². The highest BCUT2D eigenvalue weighted by Gasteiger charge is 2.39. The Morgan fingerprint density at radius 1 is 1.44 bits per heavy atom. The second-order valence-electron chi connectivity index (χ2n) is 4.18. The van der Waals surface area contributed by atoms with Crippen molar-refractivity contribution in [2.75, 3.05) is 12.3 Å². The quantitative estimate of drug-likeness (QED) is 0.641. The van der Waals surface area contributed by atoms with Gasteiger partial charge >= 0.3 is 5.97 Å². The van der Waals surface area contributed by atoms with Crippen molar-refractivity contribution in [3.05, 3.63) is 24.0 Å². The molecule has 1 saturated heterocycles. The number of carboxylic acids is 1. The van der Waals surface area contributed by atoms with Gasteiger partial charge in [-0.3, -0.25) is 4.79 Å². The van der Waals surface area contributed by atoms with E-state index in [2.05, 4.69) is 4.98 Å². The Bertz CT molecular complexity index is 474. The molecule has 0 spiro atoms. The van der Waals surface area contributed by atoms with Crippen molar-refractivity contribution in [1.82, 2.24) is 9.88 Å². The van der Waals surface area contributed by atoms with Gasteiger partial charge in [0.2, 0.25) is 0 Å². The number of nitrogens with two attached hydrogens (primary N) is 1. The molecule has 1 amide bonds. The van der Waals surface area contributed by atoms with E-state index >= 15 is 0 Å². The highest BCUT2D eigenvalue weighted by atomic mass is 16.4. The van der Waals surface area contributed by atoms with Gasteiger partial charge in [0.15, 0.2) is 0 Å². The van der Waals surface area contributed by atoms with Gasteiger partial charge in [0.1, 0.15) is 11.7 Å². The zero-order valence-corrected chi connectivity index (χ0v) is 9.48. The van der Waals surface area contributed by atoms with Gasteiger partial charge < -0.3 is 20.8 Å². The molecule has 0 unspecified atom stereocenters. The highest BCUT2D eigenvalue weighted by Crippen LogP contribution is 2.20. The maximum atomic E-state index is 12.1. The molecule has 1 aromatic heterocycles. The molecule has 0 saturated carbocycles. The van der Waals surface area contributed by atoms with Crippen molar-refractivity contribution in [2.45, 2.75) is 18.6 Å². The number of nitrogen functional groups attached to an aromatic ring is 1. The molecule has 0 aromatic carbocycles. The maximum absolute atomic E-state index is 12.1. The van der Waals surface area contributed by atoms with E-state index in [1.165, 1.54) is 18.3 Å². The van der Waals surface area contributed by atoms with Crippen LogP contribution in [0.4, 0.5) is 5.69 Å². The maximum Gasteiger partial charge on any atom is 0.326 e. The molecular formula is C11H13N3O4. The molecule has 0 aliphatic carbocycles. The van der Waals surface area contributed by atoms with Crippen molar-refractivity contribution in [2.24, 2.45) is 0 Å². The van der Waals surface area contributed by atoms with Crippen molar-refractivity contribution in [3.8, 4) is 0 Å². The van der Waals surface area contributed by atoms with E-state index in [4.69, 9.17) is 10.8 Å². The lowest BCUT2D eigenvalue weighted by Crippen LogP contribution is -2.40. The van der Waals surface area contributed by atoms with Crippen molar-refractivity contribution in [1.29, 1.82) is 0 Å². The number of aliphatic carboxylic acids is 1. The van der Waals surface area contributed by atoms with E-state index in [0.29, 0.717) is 5.69 Å². The number of β-amino-alcohol motifs (C(OH)–C–C–N with tert-alkyl or cyclic N) is 1. The predicted molar refractivity (Wildman–Crippen MR) is 61.7 cm³/mol. The molecule has 1 aliphatic heterocycles. The van der Waals surface area contributed by atoms with E-state index in [1.807, 2.05) is 0 Å². The largest absolute Gasteiger partial charge is 0.480 e. The number of anilines is 1. The summed E-state index contributed by atoms with van der Waals surface area (Å²) in [5.74, 6) is -1.64. The minimum Gasteiger partial charge on any atom is -0.480 e. The molecule has 2 heterocycles. The monoisotopic (exact) mass is 251 g/mol. The van der Waals surface area contributed by atoms with Gasteiger partial charge in [-0.1, -0.05) is 0 Å². The average molecular weight is 251 g/mol. The number of likely N-dealkylation sites (tertiary alicyclic amines) is 1. The first-order chi connectivity index (χ1) is 8.49. The summed E-state index contributed by atoms with van der Waals surface area (Å²) in [5.41, 5.74) is 5.99.